The molecule has 82 valence electrons. The van der Waals surface area contributed by atoms with E-state index >= 15 is 0 Å². The Morgan fingerprint density at radius 2 is 2.21 bits per heavy atom. The average Bonchev–Trinajstić information content (AvgIpc) is 2.13. The number of aliphatic hydroxyl groups excluding tert-OH is 2. The van der Waals surface area contributed by atoms with Crippen molar-refractivity contribution in [2.24, 2.45) is 0 Å². The molecule has 0 heterocycles. The van der Waals surface area contributed by atoms with E-state index in [-0.39, 0.29) is 0 Å². The van der Waals surface area contributed by atoms with E-state index in [2.05, 4.69) is 4.18 Å². The monoisotopic (exact) mass is 223 g/mol. The van der Waals surface area contributed by atoms with Gasteiger partial charge in [-0.25, -0.2) is 4.21 Å². The van der Waals surface area contributed by atoms with Gasteiger partial charge in [0.1, 0.15) is 12.2 Å². The Hall–Kier alpha value is -0.600. The van der Waals surface area contributed by atoms with Crippen molar-refractivity contribution in [3.05, 3.63) is 12.2 Å². The minimum Gasteiger partial charge on any atom is -0.750 e. The van der Waals surface area contributed by atoms with Crippen molar-refractivity contribution in [2.75, 3.05) is 6.61 Å². The molecule has 0 radical (unpaired) electrons. The lowest BCUT2D eigenvalue weighted by Crippen LogP contribution is -2.36. The second kappa shape index (κ2) is 6.80. The molecule has 0 rings (SSSR count). The van der Waals surface area contributed by atoms with Gasteiger partial charge in [0.25, 0.3) is 0 Å². The molecule has 0 aliphatic rings. The topological polar surface area (TPSA) is 107 Å². The molecule has 0 saturated heterocycles. The second-order valence-electron chi connectivity index (χ2n) is 2.40. The molecule has 0 amide bonds. The predicted octanol–water partition coefficient (Wildman–Crippen LogP) is -1.34. The number of allylic oxidation sites excluding steroid dienone is 1. The first kappa shape index (κ1) is 13.4. The van der Waals surface area contributed by atoms with Gasteiger partial charge in [0, 0.05) is 0 Å². The molecule has 0 aliphatic heterocycles. The van der Waals surface area contributed by atoms with Gasteiger partial charge in [-0.15, -0.1) is 0 Å². The van der Waals surface area contributed by atoms with Crippen molar-refractivity contribution in [1.82, 2.24) is 0 Å². The molecule has 0 aromatic carbocycles. The van der Waals surface area contributed by atoms with Crippen molar-refractivity contribution in [3.8, 4) is 0 Å². The molecule has 0 spiro atoms. The van der Waals surface area contributed by atoms with Crippen LogP contribution in [0.1, 0.15) is 6.92 Å². The van der Waals surface area contributed by atoms with Gasteiger partial charge in [0.05, 0.1) is 18.0 Å². The van der Waals surface area contributed by atoms with Gasteiger partial charge in [-0.3, -0.25) is 8.98 Å². The highest BCUT2D eigenvalue weighted by atomic mass is 32.2. The Balaban J connectivity index is 4.04. The smallest absolute Gasteiger partial charge is 0.186 e. The van der Waals surface area contributed by atoms with E-state index < -0.39 is 36.0 Å². The van der Waals surface area contributed by atoms with E-state index in [1.807, 2.05) is 0 Å². The van der Waals surface area contributed by atoms with Gasteiger partial charge in [-0.05, 0) is 13.0 Å². The first-order valence-corrected chi connectivity index (χ1v) is 4.74. The third-order valence-electron chi connectivity index (χ3n) is 1.32. The highest BCUT2D eigenvalue weighted by Gasteiger charge is 2.22. The van der Waals surface area contributed by atoms with Gasteiger partial charge in [-0.1, -0.05) is 6.08 Å². The Morgan fingerprint density at radius 3 is 2.64 bits per heavy atom. The zero-order chi connectivity index (χ0) is 11.1. The largest absolute Gasteiger partial charge is 0.750 e. The Morgan fingerprint density at radius 1 is 1.64 bits per heavy atom. The van der Waals surface area contributed by atoms with E-state index in [0.29, 0.717) is 0 Å². The summed E-state index contributed by atoms with van der Waals surface area (Å²) in [5.74, 6) is -0.708. The van der Waals surface area contributed by atoms with Gasteiger partial charge >= 0.3 is 0 Å². The van der Waals surface area contributed by atoms with E-state index in [1.165, 1.54) is 6.08 Å². The minimum absolute atomic E-state index is 0.652. The third-order valence-corrected chi connectivity index (χ3v) is 1.65. The molecule has 6 nitrogen and oxygen atoms in total. The molecule has 0 saturated carbocycles. The van der Waals surface area contributed by atoms with Crippen LogP contribution in [-0.4, -0.2) is 43.6 Å². The first-order valence-electron chi connectivity index (χ1n) is 3.74. The van der Waals surface area contributed by atoms with Crippen molar-refractivity contribution < 1.29 is 28.0 Å². The number of ketones is 1. The molecule has 0 aliphatic carbocycles. The lowest BCUT2D eigenvalue weighted by molar-refractivity contribution is -0.129. The average molecular weight is 223 g/mol. The van der Waals surface area contributed by atoms with Crippen LogP contribution in [0.3, 0.4) is 0 Å². The summed E-state index contributed by atoms with van der Waals surface area (Å²) >= 11 is -2.77. The molecule has 0 aromatic heterocycles. The van der Waals surface area contributed by atoms with E-state index in [1.54, 1.807) is 6.92 Å². The summed E-state index contributed by atoms with van der Waals surface area (Å²) in [7, 11) is 0. The van der Waals surface area contributed by atoms with Gasteiger partial charge in [-0.2, -0.15) is 0 Å². The summed E-state index contributed by atoms with van der Waals surface area (Å²) in [6, 6.07) is 0. The molecule has 3 atom stereocenters. The predicted molar refractivity (Wildman–Crippen MR) is 46.7 cm³/mol. The van der Waals surface area contributed by atoms with Crippen molar-refractivity contribution in [2.45, 2.75) is 19.1 Å². The highest BCUT2D eigenvalue weighted by Crippen LogP contribution is 1.98. The van der Waals surface area contributed by atoms with Crippen LogP contribution in [0.25, 0.3) is 0 Å². The summed E-state index contributed by atoms with van der Waals surface area (Å²) in [5, 5.41) is 18.2. The molecule has 0 bridgehead atoms. The summed E-state index contributed by atoms with van der Waals surface area (Å²) < 4.78 is 23.8. The van der Waals surface area contributed by atoms with E-state index in [9.17, 15) is 13.6 Å². The summed E-state index contributed by atoms with van der Waals surface area (Å²) in [5.41, 5.74) is 0. The Labute approximate surface area is 83.7 Å². The van der Waals surface area contributed by atoms with Crippen LogP contribution in [0.4, 0.5) is 0 Å². The molecule has 7 heteroatoms. The summed E-state index contributed by atoms with van der Waals surface area (Å²) in [6.07, 6.45) is -0.765. The molecule has 0 aromatic rings. The zero-order valence-corrected chi connectivity index (χ0v) is 8.27. The standard InChI is InChI=1S/C7H12O6S/c1-2-3-5(8)7(10)6(9)4-13-14(11)12/h2-3,6-7,9-10H,4H2,1H3,(H,11,12)/p-1. The number of hydrogen-bond acceptors (Lipinski definition) is 6. The van der Waals surface area contributed by atoms with Gasteiger partial charge in [0.2, 0.25) is 0 Å². The molecule has 2 N–H and O–H groups in total. The number of rotatable bonds is 6. The van der Waals surface area contributed by atoms with Crippen LogP contribution in [0.15, 0.2) is 12.2 Å². The molecule has 0 fully saturated rings. The fourth-order valence-electron chi connectivity index (χ4n) is 0.669. The number of aliphatic hydroxyl groups is 2. The minimum atomic E-state index is -2.77. The maximum Gasteiger partial charge on any atom is 0.186 e. The fraction of sp³-hybridized carbons (Fsp3) is 0.571. The Bertz CT molecular complexity index is 238. The quantitative estimate of drug-likeness (QED) is 0.426. The molecule has 14 heavy (non-hydrogen) atoms. The lowest BCUT2D eigenvalue weighted by atomic mass is 10.1. The van der Waals surface area contributed by atoms with Crippen molar-refractivity contribution >= 4 is 17.1 Å². The lowest BCUT2D eigenvalue weighted by Gasteiger charge is -2.15. The number of hydrogen-bond donors (Lipinski definition) is 2. The number of carbonyl (C=O) groups is 1. The normalized spacial score (nSPS) is 18.0. The van der Waals surface area contributed by atoms with Crippen LogP contribution >= 0.6 is 0 Å². The van der Waals surface area contributed by atoms with Crippen LogP contribution in [-0.2, 0) is 20.3 Å². The molecular weight excluding hydrogens is 212 g/mol. The summed E-state index contributed by atoms with van der Waals surface area (Å²) in [6.45, 7) is 0.917. The van der Waals surface area contributed by atoms with Gasteiger partial charge < -0.3 is 14.8 Å². The first-order chi connectivity index (χ1) is 6.49. The van der Waals surface area contributed by atoms with Crippen molar-refractivity contribution in [1.29, 1.82) is 0 Å². The third kappa shape index (κ3) is 5.20. The maximum atomic E-state index is 10.9. The molecule has 3 unspecified atom stereocenters. The fourth-order valence-corrected chi connectivity index (χ4v) is 0.919. The highest BCUT2D eigenvalue weighted by molar-refractivity contribution is 7.74. The van der Waals surface area contributed by atoms with Crippen LogP contribution < -0.4 is 0 Å². The number of carbonyl (C=O) groups excluding carboxylic acids is 1. The van der Waals surface area contributed by atoms with Crippen LogP contribution in [0.5, 0.6) is 0 Å². The van der Waals surface area contributed by atoms with Crippen LogP contribution in [0, 0.1) is 0 Å². The summed E-state index contributed by atoms with van der Waals surface area (Å²) in [4.78, 5) is 10.9. The SMILES string of the molecule is CC=CC(=O)C(O)C(O)COS(=O)[O-]. The van der Waals surface area contributed by atoms with E-state index in [0.717, 1.165) is 6.08 Å². The van der Waals surface area contributed by atoms with Crippen molar-refractivity contribution in [3.63, 3.8) is 0 Å². The zero-order valence-electron chi connectivity index (χ0n) is 7.45. The Kier molecular flexibility index (Phi) is 6.50. The van der Waals surface area contributed by atoms with Gasteiger partial charge in [0.15, 0.2) is 5.78 Å². The molecular formula is C7H11O6S-. The van der Waals surface area contributed by atoms with E-state index in [4.69, 9.17) is 10.2 Å². The van der Waals surface area contributed by atoms with Crippen LogP contribution in [0.2, 0.25) is 0 Å². The maximum absolute atomic E-state index is 10.9. The second-order valence-corrected chi connectivity index (χ2v) is 3.05.